The molecule has 0 aromatic carbocycles. The number of amides is 1. The molecule has 0 saturated heterocycles. The molecule has 0 atom stereocenters. The van der Waals surface area contributed by atoms with Crippen LogP contribution in [0.15, 0.2) is 45.6 Å². The standard InChI is InChI=1S/C14H16BrN3O5/c1-3-5-17(6-4-2)11(19)9-23-12(20)8-18-7-10(15)13(21)16-14(18)22/h3-4,7H,1-2,5-6,8-9H2,(H,16,21,22). The van der Waals surface area contributed by atoms with E-state index >= 15 is 0 Å². The molecule has 0 unspecified atom stereocenters. The Labute approximate surface area is 140 Å². The third-order valence-corrected chi connectivity index (χ3v) is 3.24. The summed E-state index contributed by atoms with van der Waals surface area (Å²) in [5, 5.41) is 0. The minimum atomic E-state index is -0.781. The van der Waals surface area contributed by atoms with Crippen molar-refractivity contribution in [2.24, 2.45) is 0 Å². The number of nitrogens with zero attached hydrogens (tertiary/aromatic N) is 2. The summed E-state index contributed by atoms with van der Waals surface area (Å²) in [5.74, 6) is -1.19. The molecule has 0 aliphatic carbocycles. The summed E-state index contributed by atoms with van der Waals surface area (Å²) in [5.41, 5.74) is -1.35. The van der Waals surface area contributed by atoms with E-state index in [9.17, 15) is 19.2 Å². The van der Waals surface area contributed by atoms with Gasteiger partial charge in [-0.25, -0.2) is 4.79 Å². The first-order valence-corrected chi connectivity index (χ1v) is 7.32. The second kappa shape index (κ2) is 8.89. The number of nitrogens with one attached hydrogen (secondary N) is 1. The SMILES string of the molecule is C=CCN(CC=C)C(=O)COC(=O)Cn1cc(Br)c(=O)[nH]c1=O. The van der Waals surface area contributed by atoms with E-state index in [-0.39, 0.29) is 4.47 Å². The van der Waals surface area contributed by atoms with Gasteiger partial charge in [-0.1, -0.05) is 12.2 Å². The van der Waals surface area contributed by atoms with Crippen LogP contribution >= 0.6 is 15.9 Å². The van der Waals surface area contributed by atoms with Gasteiger partial charge in [0, 0.05) is 19.3 Å². The summed E-state index contributed by atoms with van der Waals surface area (Å²) in [6.45, 7) is 6.78. The molecule has 0 spiro atoms. The Kier molecular flexibility index (Phi) is 7.20. The van der Waals surface area contributed by atoms with Crippen LogP contribution in [-0.4, -0.2) is 46.0 Å². The first-order valence-electron chi connectivity index (χ1n) is 6.53. The molecule has 1 rings (SSSR count). The van der Waals surface area contributed by atoms with Crippen LogP contribution in [0.1, 0.15) is 0 Å². The van der Waals surface area contributed by atoms with Crippen molar-refractivity contribution in [3.8, 4) is 0 Å². The summed E-state index contributed by atoms with van der Waals surface area (Å²) in [6, 6.07) is 0. The van der Waals surface area contributed by atoms with Gasteiger partial charge < -0.3 is 9.64 Å². The van der Waals surface area contributed by atoms with Gasteiger partial charge in [-0.2, -0.15) is 0 Å². The highest BCUT2D eigenvalue weighted by Crippen LogP contribution is 1.98. The van der Waals surface area contributed by atoms with Crippen molar-refractivity contribution in [3.05, 3.63) is 56.8 Å². The predicted octanol–water partition coefficient (Wildman–Crippen LogP) is 0.0429. The number of hydrogen-bond acceptors (Lipinski definition) is 5. The summed E-state index contributed by atoms with van der Waals surface area (Å²) in [4.78, 5) is 49.7. The second-order valence-electron chi connectivity index (χ2n) is 4.40. The molecular formula is C14H16BrN3O5. The highest BCUT2D eigenvalue weighted by atomic mass is 79.9. The van der Waals surface area contributed by atoms with Crippen LogP contribution < -0.4 is 11.2 Å². The van der Waals surface area contributed by atoms with E-state index in [1.807, 2.05) is 4.98 Å². The molecule has 23 heavy (non-hydrogen) atoms. The number of carbonyl (C=O) groups excluding carboxylic acids is 2. The van der Waals surface area contributed by atoms with Crippen LogP contribution in [0, 0.1) is 0 Å². The van der Waals surface area contributed by atoms with Gasteiger partial charge in [-0.15, -0.1) is 13.2 Å². The fourth-order valence-corrected chi connectivity index (χ4v) is 1.95. The number of hydrogen-bond donors (Lipinski definition) is 1. The van der Waals surface area contributed by atoms with Crippen molar-refractivity contribution in [3.63, 3.8) is 0 Å². The average molecular weight is 386 g/mol. The molecule has 8 nitrogen and oxygen atoms in total. The Morgan fingerprint density at radius 2 is 1.91 bits per heavy atom. The van der Waals surface area contributed by atoms with Gasteiger partial charge in [-0.3, -0.25) is 23.9 Å². The van der Waals surface area contributed by atoms with E-state index in [0.717, 1.165) is 4.57 Å². The lowest BCUT2D eigenvalue weighted by molar-refractivity contribution is -0.152. The van der Waals surface area contributed by atoms with Crippen LogP contribution in [-0.2, 0) is 20.9 Å². The minimum absolute atomic E-state index is 0.101. The topological polar surface area (TPSA) is 101 Å². The molecule has 0 saturated carbocycles. The minimum Gasteiger partial charge on any atom is -0.454 e. The highest BCUT2D eigenvalue weighted by molar-refractivity contribution is 9.10. The lowest BCUT2D eigenvalue weighted by Crippen LogP contribution is -2.36. The van der Waals surface area contributed by atoms with Crippen molar-refractivity contribution in [2.45, 2.75) is 6.54 Å². The maximum atomic E-state index is 11.9. The lowest BCUT2D eigenvalue weighted by Gasteiger charge is -2.19. The fraction of sp³-hybridized carbons (Fsp3) is 0.286. The normalized spacial score (nSPS) is 9.96. The van der Waals surface area contributed by atoms with E-state index in [1.54, 1.807) is 12.2 Å². The van der Waals surface area contributed by atoms with Crippen LogP contribution in [0.4, 0.5) is 0 Å². The number of rotatable bonds is 8. The number of halogens is 1. The number of H-pyrrole nitrogens is 1. The third-order valence-electron chi connectivity index (χ3n) is 2.68. The summed E-state index contributed by atoms with van der Waals surface area (Å²) in [7, 11) is 0. The van der Waals surface area contributed by atoms with Gasteiger partial charge in [0.1, 0.15) is 6.54 Å². The molecule has 1 amide bonds. The van der Waals surface area contributed by atoms with Crippen molar-refractivity contribution < 1.29 is 14.3 Å². The Morgan fingerprint density at radius 1 is 1.30 bits per heavy atom. The van der Waals surface area contributed by atoms with E-state index in [2.05, 4.69) is 29.1 Å². The van der Waals surface area contributed by atoms with Gasteiger partial charge >= 0.3 is 11.7 Å². The number of esters is 1. The van der Waals surface area contributed by atoms with E-state index in [4.69, 9.17) is 4.74 Å². The zero-order chi connectivity index (χ0) is 17.4. The van der Waals surface area contributed by atoms with Crippen LogP contribution in [0.3, 0.4) is 0 Å². The molecule has 1 N–H and O–H groups in total. The van der Waals surface area contributed by atoms with Crippen LogP contribution in [0.25, 0.3) is 0 Å². The van der Waals surface area contributed by atoms with Gasteiger partial charge in [0.25, 0.3) is 11.5 Å². The third kappa shape index (κ3) is 5.70. The van der Waals surface area contributed by atoms with Crippen LogP contribution in [0.5, 0.6) is 0 Å². The second-order valence-corrected chi connectivity index (χ2v) is 5.26. The Hall–Kier alpha value is -2.42. The number of ether oxygens (including phenoxy) is 1. The zero-order valence-corrected chi connectivity index (χ0v) is 13.9. The maximum absolute atomic E-state index is 11.9. The highest BCUT2D eigenvalue weighted by Gasteiger charge is 2.14. The first kappa shape index (κ1) is 18.6. The molecule has 0 aliphatic heterocycles. The molecule has 1 heterocycles. The Bertz CT molecular complexity index is 712. The molecule has 9 heteroatoms. The molecule has 0 radical (unpaired) electrons. The van der Waals surface area contributed by atoms with Crippen molar-refractivity contribution in [2.75, 3.05) is 19.7 Å². The molecule has 0 aliphatic rings. The monoisotopic (exact) mass is 385 g/mol. The molecular weight excluding hydrogens is 370 g/mol. The molecule has 124 valence electrons. The molecule has 0 bridgehead atoms. The summed E-state index contributed by atoms with van der Waals surface area (Å²) < 4.78 is 5.90. The van der Waals surface area contributed by atoms with E-state index in [1.165, 1.54) is 11.1 Å². The summed E-state index contributed by atoms with van der Waals surface area (Å²) in [6.07, 6.45) is 4.26. The molecule has 0 fully saturated rings. The molecule has 1 aromatic heterocycles. The largest absolute Gasteiger partial charge is 0.454 e. The zero-order valence-electron chi connectivity index (χ0n) is 12.3. The van der Waals surface area contributed by atoms with Gasteiger partial charge in [0.15, 0.2) is 6.61 Å². The Balaban J connectivity index is 2.64. The lowest BCUT2D eigenvalue weighted by atomic mass is 10.4. The fourth-order valence-electron chi connectivity index (χ4n) is 1.61. The van der Waals surface area contributed by atoms with Gasteiger partial charge in [-0.05, 0) is 15.9 Å². The van der Waals surface area contributed by atoms with Crippen LogP contribution in [0.2, 0.25) is 0 Å². The molecule has 1 aromatic rings. The number of aromatic amines is 1. The van der Waals surface area contributed by atoms with Crippen molar-refractivity contribution in [1.29, 1.82) is 0 Å². The van der Waals surface area contributed by atoms with E-state index in [0.29, 0.717) is 13.1 Å². The first-order chi connectivity index (χ1) is 10.9. The van der Waals surface area contributed by atoms with Crippen molar-refractivity contribution >= 4 is 27.8 Å². The maximum Gasteiger partial charge on any atom is 0.328 e. The quantitative estimate of drug-likeness (QED) is 0.502. The number of carbonyl (C=O) groups is 2. The van der Waals surface area contributed by atoms with Gasteiger partial charge in [0.05, 0.1) is 4.47 Å². The smallest absolute Gasteiger partial charge is 0.328 e. The average Bonchev–Trinajstić information content (AvgIpc) is 2.50. The summed E-state index contributed by atoms with van der Waals surface area (Å²) >= 11 is 2.95. The van der Waals surface area contributed by atoms with Crippen molar-refractivity contribution in [1.82, 2.24) is 14.5 Å². The predicted molar refractivity (Wildman–Crippen MR) is 87.0 cm³/mol. The van der Waals surface area contributed by atoms with E-state index < -0.39 is 36.3 Å². The van der Waals surface area contributed by atoms with Gasteiger partial charge in [0.2, 0.25) is 0 Å². The number of aromatic nitrogens is 2. The Morgan fingerprint density at radius 3 is 2.48 bits per heavy atom.